The Bertz CT molecular complexity index is 1240. The second-order valence-electron chi connectivity index (χ2n) is 7.16. The number of amides is 1. The van der Waals surface area contributed by atoms with Crippen LogP contribution in [0, 0.1) is 0 Å². The van der Waals surface area contributed by atoms with E-state index >= 15 is 0 Å². The summed E-state index contributed by atoms with van der Waals surface area (Å²) in [5, 5.41) is 7.39. The first-order valence-corrected chi connectivity index (χ1v) is 10.6. The van der Waals surface area contributed by atoms with Crippen LogP contribution in [0.15, 0.2) is 57.2 Å². The van der Waals surface area contributed by atoms with Gasteiger partial charge in [0.2, 0.25) is 0 Å². The third-order valence-corrected chi connectivity index (χ3v) is 6.07. The van der Waals surface area contributed by atoms with Crippen LogP contribution in [-0.2, 0) is 6.54 Å². The number of hydrogen-bond acceptors (Lipinski definition) is 7. The largest absolute Gasteiger partial charge is 0.335 e. The second-order valence-corrected chi connectivity index (χ2v) is 8.11. The van der Waals surface area contributed by atoms with E-state index in [1.54, 1.807) is 28.4 Å². The number of hydrogen-bond donors (Lipinski definition) is 1. The van der Waals surface area contributed by atoms with E-state index < -0.39 is 0 Å². The van der Waals surface area contributed by atoms with Crippen LogP contribution in [0.1, 0.15) is 16.3 Å². The molecule has 1 aliphatic rings. The molecule has 1 saturated heterocycles. The molecule has 1 amide bonds. The fourth-order valence-electron chi connectivity index (χ4n) is 3.62. The summed E-state index contributed by atoms with van der Waals surface area (Å²) in [7, 11) is 0. The van der Waals surface area contributed by atoms with Crippen molar-refractivity contribution in [1.82, 2.24) is 24.9 Å². The Morgan fingerprint density at radius 1 is 1.13 bits per heavy atom. The van der Waals surface area contributed by atoms with Crippen molar-refractivity contribution >= 4 is 28.0 Å². The predicted octanol–water partition coefficient (Wildman–Crippen LogP) is 2.60. The van der Waals surface area contributed by atoms with Gasteiger partial charge >= 0.3 is 0 Å². The highest BCUT2D eigenvalue weighted by Gasteiger charge is 2.24. The number of nitrogens with one attached hydrogen (secondary N) is 1. The van der Waals surface area contributed by atoms with Gasteiger partial charge in [0.1, 0.15) is 5.69 Å². The summed E-state index contributed by atoms with van der Waals surface area (Å²) in [4.78, 5) is 37.3. The number of benzene rings is 1. The van der Waals surface area contributed by atoms with Crippen molar-refractivity contribution in [2.24, 2.45) is 0 Å². The molecule has 0 atom stereocenters. The molecule has 8 nitrogen and oxygen atoms in total. The molecular formula is C21H19N5O3S. The minimum absolute atomic E-state index is 0.156. The number of H-pyrrole nitrogens is 1. The minimum Gasteiger partial charge on any atom is -0.335 e. The zero-order valence-electron chi connectivity index (χ0n) is 16.1. The van der Waals surface area contributed by atoms with Gasteiger partial charge in [-0.05, 0) is 29.0 Å². The predicted molar refractivity (Wildman–Crippen MR) is 113 cm³/mol. The standard InChI is InChI=1S/C21H19N5O3S/c27-19-15-5-2-1-4-14(15)12-16(22-19)21(28)26-9-7-25(8-10-26)13-18-23-20(29-24-18)17-6-3-11-30-17/h1-6,11-12H,7-10,13H2,(H,22,27). The zero-order valence-corrected chi connectivity index (χ0v) is 16.9. The van der Waals surface area contributed by atoms with Crippen LogP contribution >= 0.6 is 11.3 Å². The third-order valence-electron chi connectivity index (χ3n) is 5.21. The van der Waals surface area contributed by atoms with E-state index in [0.717, 1.165) is 10.3 Å². The Kier molecular flexibility index (Phi) is 4.89. The molecule has 30 heavy (non-hydrogen) atoms. The van der Waals surface area contributed by atoms with E-state index in [-0.39, 0.29) is 11.5 Å². The van der Waals surface area contributed by atoms with Crippen LogP contribution < -0.4 is 5.56 Å². The van der Waals surface area contributed by atoms with Crippen LogP contribution in [0.25, 0.3) is 21.5 Å². The summed E-state index contributed by atoms with van der Waals surface area (Å²) in [6, 6.07) is 12.9. The lowest BCUT2D eigenvalue weighted by Gasteiger charge is -2.34. The quantitative estimate of drug-likeness (QED) is 0.544. The van der Waals surface area contributed by atoms with Crippen molar-refractivity contribution in [2.45, 2.75) is 6.54 Å². The normalized spacial score (nSPS) is 15.0. The molecule has 1 N–H and O–H groups in total. The monoisotopic (exact) mass is 421 g/mol. The van der Waals surface area contributed by atoms with Crippen LogP contribution in [0.5, 0.6) is 0 Å². The van der Waals surface area contributed by atoms with Gasteiger partial charge in [0.05, 0.1) is 11.4 Å². The molecule has 0 saturated carbocycles. The molecule has 0 radical (unpaired) electrons. The Morgan fingerprint density at radius 3 is 2.77 bits per heavy atom. The molecular weight excluding hydrogens is 402 g/mol. The maximum Gasteiger partial charge on any atom is 0.270 e. The Morgan fingerprint density at radius 2 is 1.97 bits per heavy atom. The van der Waals surface area contributed by atoms with Crippen molar-refractivity contribution in [1.29, 1.82) is 0 Å². The van der Waals surface area contributed by atoms with Crippen LogP contribution in [-0.4, -0.2) is 57.0 Å². The first-order chi connectivity index (χ1) is 14.7. The summed E-state index contributed by atoms with van der Waals surface area (Å²) in [5.74, 6) is 1.02. The second kappa shape index (κ2) is 7.85. The van der Waals surface area contributed by atoms with Gasteiger partial charge in [-0.15, -0.1) is 11.3 Å². The minimum atomic E-state index is -0.242. The summed E-state index contributed by atoms with van der Waals surface area (Å²) < 4.78 is 5.34. The number of thiophene rings is 1. The van der Waals surface area contributed by atoms with Crippen LogP contribution in [0.4, 0.5) is 0 Å². The van der Waals surface area contributed by atoms with Gasteiger partial charge in [0.25, 0.3) is 17.4 Å². The number of fused-ring (bicyclic) bond motifs is 1. The molecule has 152 valence electrons. The summed E-state index contributed by atoms with van der Waals surface area (Å²) >= 11 is 1.56. The number of piperazine rings is 1. The number of aromatic amines is 1. The lowest BCUT2D eigenvalue weighted by atomic mass is 10.1. The van der Waals surface area contributed by atoms with E-state index in [1.807, 2.05) is 35.7 Å². The van der Waals surface area contributed by atoms with Crippen molar-refractivity contribution in [3.63, 3.8) is 0 Å². The Labute approximate surface area is 175 Å². The van der Waals surface area contributed by atoms with E-state index in [4.69, 9.17) is 4.52 Å². The van der Waals surface area contributed by atoms with Crippen molar-refractivity contribution < 1.29 is 9.32 Å². The summed E-state index contributed by atoms with van der Waals surface area (Å²) in [5.41, 5.74) is 0.0830. The van der Waals surface area contributed by atoms with Crippen molar-refractivity contribution in [2.75, 3.05) is 26.2 Å². The SMILES string of the molecule is O=C(c1cc2ccccc2c(=O)[nH]1)N1CCN(Cc2noc(-c3cccs3)n2)CC1. The van der Waals surface area contributed by atoms with Gasteiger partial charge in [-0.2, -0.15) is 4.98 Å². The maximum absolute atomic E-state index is 12.9. The number of aromatic nitrogens is 3. The van der Waals surface area contributed by atoms with Gasteiger partial charge in [0.15, 0.2) is 5.82 Å². The number of pyridine rings is 1. The third kappa shape index (κ3) is 3.64. The molecule has 3 aromatic heterocycles. The number of nitrogens with zero attached hydrogens (tertiary/aromatic N) is 4. The summed E-state index contributed by atoms with van der Waals surface area (Å²) in [6.07, 6.45) is 0. The first-order valence-electron chi connectivity index (χ1n) is 9.67. The van der Waals surface area contributed by atoms with Gasteiger partial charge in [-0.3, -0.25) is 14.5 Å². The molecule has 1 aromatic carbocycles. The topological polar surface area (TPSA) is 95.3 Å². The molecule has 0 unspecified atom stereocenters. The molecule has 4 heterocycles. The highest BCUT2D eigenvalue weighted by molar-refractivity contribution is 7.13. The van der Waals surface area contributed by atoms with E-state index in [0.29, 0.717) is 55.5 Å². The van der Waals surface area contributed by atoms with Crippen LogP contribution in [0.3, 0.4) is 0 Å². The maximum atomic E-state index is 12.9. The van der Waals surface area contributed by atoms with Crippen LogP contribution in [0.2, 0.25) is 0 Å². The fourth-order valence-corrected chi connectivity index (χ4v) is 4.27. The first kappa shape index (κ1) is 18.7. The molecule has 0 spiro atoms. The van der Waals surface area contributed by atoms with Gasteiger partial charge in [-0.25, -0.2) is 0 Å². The molecule has 1 fully saturated rings. The Balaban J connectivity index is 1.23. The smallest absolute Gasteiger partial charge is 0.270 e. The summed E-state index contributed by atoms with van der Waals surface area (Å²) in [6.45, 7) is 3.12. The molecule has 4 aromatic rings. The highest BCUT2D eigenvalue weighted by Crippen LogP contribution is 2.23. The highest BCUT2D eigenvalue weighted by atomic mass is 32.1. The molecule has 5 rings (SSSR count). The van der Waals surface area contributed by atoms with E-state index in [9.17, 15) is 9.59 Å². The van der Waals surface area contributed by atoms with Gasteiger partial charge < -0.3 is 14.4 Å². The Hall–Kier alpha value is -3.30. The lowest BCUT2D eigenvalue weighted by Crippen LogP contribution is -2.48. The average Bonchev–Trinajstić information content (AvgIpc) is 3.46. The average molecular weight is 421 g/mol. The zero-order chi connectivity index (χ0) is 20.5. The van der Waals surface area contributed by atoms with E-state index in [1.165, 1.54) is 0 Å². The van der Waals surface area contributed by atoms with Gasteiger partial charge in [-0.1, -0.05) is 29.4 Å². The number of rotatable bonds is 4. The molecule has 1 aliphatic heterocycles. The lowest BCUT2D eigenvalue weighted by molar-refractivity contribution is 0.0618. The van der Waals surface area contributed by atoms with Crippen molar-refractivity contribution in [3.05, 3.63) is 69.7 Å². The van der Waals surface area contributed by atoms with E-state index in [2.05, 4.69) is 20.0 Å². The van der Waals surface area contributed by atoms with Gasteiger partial charge in [0, 0.05) is 31.6 Å². The molecule has 0 aliphatic carbocycles. The fraction of sp³-hybridized carbons (Fsp3) is 0.238. The number of carbonyl (C=O) groups excluding carboxylic acids is 1. The van der Waals surface area contributed by atoms with Crippen molar-refractivity contribution in [3.8, 4) is 10.8 Å². The molecule has 9 heteroatoms. The molecule has 0 bridgehead atoms. The number of carbonyl (C=O) groups is 1.